The molecular formula is C36H31N3O. The maximum Gasteiger partial charge on any atom is 0.227 e. The van der Waals surface area contributed by atoms with Crippen molar-refractivity contribution in [2.45, 2.75) is 39.5 Å². The molecule has 0 unspecified atom stereocenters. The van der Waals surface area contributed by atoms with Gasteiger partial charge in [-0.15, -0.1) is 0 Å². The largest absolute Gasteiger partial charge is 0.437 e. The summed E-state index contributed by atoms with van der Waals surface area (Å²) in [7, 11) is 0. The van der Waals surface area contributed by atoms with Crippen molar-refractivity contribution in [1.29, 1.82) is 0 Å². The molecule has 0 radical (unpaired) electrons. The Labute approximate surface area is 233 Å². The van der Waals surface area contributed by atoms with Gasteiger partial charge in [0.05, 0.1) is 22.3 Å². The molecule has 7 aromatic rings. The fraction of sp³-hybridized carbons (Fsp3) is 0.167. The first kappa shape index (κ1) is 24.3. The fourth-order valence-electron chi connectivity index (χ4n) is 5.86. The zero-order valence-electron chi connectivity index (χ0n) is 23.2. The standard InChI is InChI=1S/C36H31N3O/c1-22(2)29-20-25(24-12-6-5-7-13-24)21-30(23(3)4)33(29)39-32-18-9-8-17-31(32)38-35(39)28-15-10-14-26-27-16-11-19-37-36(27)40-34(26)28/h5-23H,1-4H3. The molecule has 3 heterocycles. The molecule has 196 valence electrons. The predicted molar refractivity (Wildman–Crippen MR) is 165 cm³/mol. The number of fused-ring (bicyclic) bond motifs is 4. The Morgan fingerprint density at radius 3 is 2.12 bits per heavy atom. The van der Waals surface area contributed by atoms with E-state index in [-0.39, 0.29) is 0 Å². The van der Waals surface area contributed by atoms with E-state index in [1.807, 2.05) is 6.07 Å². The molecule has 0 aliphatic carbocycles. The van der Waals surface area contributed by atoms with Gasteiger partial charge in [0, 0.05) is 17.0 Å². The molecule has 4 heteroatoms. The van der Waals surface area contributed by atoms with Crippen molar-refractivity contribution < 1.29 is 4.42 Å². The summed E-state index contributed by atoms with van der Waals surface area (Å²) in [6, 6.07) is 34.2. The summed E-state index contributed by atoms with van der Waals surface area (Å²) in [6.45, 7) is 9.12. The highest BCUT2D eigenvalue weighted by atomic mass is 16.3. The second-order valence-electron chi connectivity index (χ2n) is 11.1. The van der Waals surface area contributed by atoms with Crippen LogP contribution in [-0.4, -0.2) is 14.5 Å². The zero-order chi connectivity index (χ0) is 27.4. The lowest BCUT2D eigenvalue weighted by atomic mass is 9.88. The number of aromatic nitrogens is 3. The molecule has 0 N–H and O–H groups in total. The Balaban J connectivity index is 1.59. The highest BCUT2D eigenvalue weighted by Crippen LogP contribution is 2.42. The first-order valence-corrected chi connectivity index (χ1v) is 14.0. The molecule has 0 aliphatic rings. The minimum Gasteiger partial charge on any atom is -0.437 e. The van der Waals surface area contributed by atoms with Crippen LogP contribution < -0.4 is 0 Å². The van der Waals surface area contributed by atoms with Crippen molar-refractivity contribution in [2.75, 3.05) is 0 Å². The predicted octanol–water partition coefficient (Wildman–Crippen LogP) is 9.90. The van der Waals surface area contributed by atoms with Crippen molar-refractivity contribution in [3.8, 4) is 28.2 Å². The van der Waals surface area contributed by atoms with Crippen molar-refractivity contribution in [2.24, 2.45) is 0 Å². The molecule has 0 aliphatic heterocycles. The minimum absolute atomic E-state index is 0.302. The van der Waals surface area contributed by atoms with Crippen LogP contribution in [0.2, 0.25) is 0 Å². The average Bonchev–Trinajstić information content (AvgIpc) is 3.55. The third-order valence-electron chi connectivity index (χ3n) is 7.82. The molecule has 7 rings (SSSR count). The van der Waals surface area contributed by atoms with Crippen molar-refractivity contribution >= 4 is 33.1 Å². The molecule has 0 bridgehead atoms. The summed E-state index contributed by atoms with van der Waals surface area (Å²) >= 11 is 0. The van der Waals surface area contributed by atoms with Crippen LogP contribution in [-0.2, 0) is 0 Å². The van der Waals surface area contributed by atoms with Crippen LogP contribution in [0.15, 0.2) is 108 Å². The van der Waals surface area contributed by atoms with E-state index >= 15 is 0 Å². The second-order valence-corrected chi connectivity index (χ2v) is 11.1. The SMILES string of the molecule is CC(C)c1cc(-c2ccccc2)cc(C(C)C)c1-n1c(-c2cccc3c2oc2ncccc23)nc2ccccc21. The molecule has 0 spiro atoms. The smallest absolute Gasteiger partial charge is 0.227 e. The Bertz CT molecular complexity index is 1980. The highest BCUT2D eigenvalue weighted by Gasteiger charge is 2.25. The van der Waals surface area contributed by atoms with Gasteiger partial charge in [-0.1, -0.05) is 82.3 Å². The van der Waals surface area contributed by atoms with Crippen LogP contribution in [0.5, 0.6) is 0 Å². The average molecular weight is 522 g/mol. The topological polar surface area (TPSA) is 43.9 Å². The summed E-state index contributed by atoms with van der Waals surface area (Å²) < 4.78 is 8.76. The van der Waals surface area contributed by atoms with Crippen molar-refractivity contribution in [1.82, 2.24) is 14.5 Å². The second kappa shape index (κ2) is 9.49. The summed E-state index contributed by atoms with van der Waals surface area (Å²) in [5.74, 6) is 1.48. The van der Waals surface area contributed by atoms with Crippen LogP contribution in [0.1, 0.15) is 50.7 Å². The number of hydrogen-bond donors (Lipinski definition) is 0. The van der Waals surface area contributed by atoms with E-state index in [1.54, 1.807) is 6.20 Å². The van der Waals surface area contributed by atoms with E-state index in [4.69, 9.17) is 9.40 Å². The normalized spacial score (nSPS) is 11.9. The van der Waals surface area contributed by atoms with Crippen molar-refractivity contribution in [3.63, 3.8) is 0 Å². The van der Waals surface area contributed by atoms with E-state index in [0.717, 1.165) is 38.8 Å². The molecule has 0 saturated carbocycles. The maximum atomic E-state index is 6.39. The summed E-state index contributed by atoms with van der Waals surface area (Å²) in [6.07, 6.45) is 1.78. The molecule has 4 nitrogen and oxygen atoms in total. The number of para-hydroxylation sites is 3. The van der Waals surface area contributed by atoms with Crippen LogP contribution >= 0.6 is 0 Å². The third-order valence-corrected chi connectivity index (χ3v) is 7.82. The highest BCUT2D eigenvalue weighted by molar-refractivity contribution is 6.08. The Hall–Kier alpha value is -4.70. The molecule has 0 saturated heterocycles. The first-order chi connectivity index (χ1) is 19.5. The van der Waals surface area contributed by atoms with E-state index in [1.165, 1.54) is 27.9 Å². The lowest BCUT2D eigenvalue weighted by molar-refractivity contribution is 0.654. The molecule has 0 atom stereocenters. The van der Waals surface area contributed by atoms with E-state index < -0.39 is 0 Å². The Kier molecular flexibility index (Phi) is 5.78. The van der Waals surface area contributed by atoms with Crippen molar-refractivity contribution in [3.05, 3.63) is 114 Å². The van der Waals surface area contributed by atoms with Gasteiger partial charge in [-0.25, -0.2) is 9.97 Å². The molecule has 4 aromatic carbocycles. The lowest BCUT2D eigenvalue weighted by Crippen LogP contribution is -2.09. The van der Waals surface area contributed by atoms with E-state index in [2.05, 4.69) is 128 Å². The monoisotopic (exact) mass is 521 g/mol. The van der Waals surface area contributed by atoms with Gasteiger partial charge in [0.15, 0.2) is 0 Å². The molecule has 3 aromatic heterocycles. The van der Waals surface area contributed by atoms with Gasteiger partial charge in [-0.3, -0.25) is 4.57 Å². The molecule has 0 amide bonds. The molecule has 40 heavy (non-hydrogen) atoms. The number of furan rings is 1. The van der Waals surface area contributed by atoms with Gasteiger partial charge >= 0.3 is 0 Å². The zero-order valence-corrected chi connectivity index (χ0v) is 23.2. The Morgan fingerprint density at radius 2 is 1.38 bits per heavy atom. The van der Waals surface area contributed by atoms with Crippen LogP contribution in [0.4, 0.5) is 0 Å². The van der Waals surface area contributed by atoms with Gasteiger partial charge < -0.3 is 4.42 Å². The van der Waals surface area contributed by atoms with Gasteiger partial charge in [-0.05, 0) is 76.6 Å². The van der Waals surface area contributed by atoms with Gasteiger partial charge in [-0.2, -0.15) is 0 Å². The van der Waals surface area contributed by atoms with Gasteiger partial charge in [0.25, 0.3) is 0 Å². The molecular weight excluding hydrogens is 490 g/mol. The van der Waals surface area contributed by atoms with Gasteiger partial charge in [0.2, 0.25) is 5.71 Å². The van der Waals surface area contributed by atoms with Crippen LogP contribution in [0.3, 0.4) is 0 Å². The number of rotatable bonds is 5. The first-order valence-electron chi connectivity index (χ1n) is 14.0. The Morgan fingerprint density at radius 1 is 0.675 bits per heavy atom. The van der Waals surface area contributed by atoms with E-state index in [9.17, 15) is 0 Å². The van der Waals surface area contributed by atoms with Gasteiger partial charge in [0.1, 0.15) is 11.4 Å². The van der Waals surface area contributed by atoms with Crippen LogP contribution in [0, 0.1) is 0 Å². The minimum atomic E-state index is 0.302. The molecule has 0 fully saturated rings. The number of hydrogen-bond acceptors (Lipinski definition) is 3. The lowest BCUT2D eigenvalue weighted by Gasteiger charge is -2.24. The fourth-order valence-corrected chi connectivity index (χ4v) is 5.86. The maximum absolute atomic E-state index is 6.39. The number of pyridine rings is 1. The quantitative estimate of drug-likeness (QED) is 0.226. The number of nitrogens with zero attached hydrogens (tertiary/aromatic N) is 3. The van der Waals surface area contributed by atoms with E-state index in [0.29, 0.717) is 17.5 Å². The third kappa shape index (κ3) is 3.83. The summed E-state index contributed by atoms with van der Waals surface area (Å²) in [4.78, 5) is 9.74. The summed E-state index contributed by atoms with van der Waals surface area (Å²) in [5.41, 5.74) is 10.7. The summed E-state index contributed by atoms with van der Waals surface area (Å²) in [5, 5.41) is 2.06. The number of imidazole rings is 1. The number of benzene rings is 4. The van der Waals surface area contributed by atoms with Crippen LogP contribution in [0.25, 0.3) is 61.3 Å².